The van der Waals surface area contributed by atoms with Crippen molar-refractivity contribution in [2.75, 3.05) is 11.6 Å². The SMILES string of the molecule is O=C(Cc1ccccc1)N[C@@H]1C(=O)N2C(C(=O)OC(c3ccccc3)c3ccccc3)=C(/C=C/CCl)CS[C@H]12. The van der Waals surface area contributed by atoms with E-state index in [1.165, 1.54) is 16.7 Å². The molecule has 3 aromatic carbocycles. The van der Waals surface area contributed by atoms with Crippen LogP contribution >= 0.6 is 23.4 Å². The van der Waals surface area contributed by atoms with Crippen molar-refractivity contribution in [3.05, 3.63) is 131 Å². The summed E-state index contributed by atoms with van der Waals surface area (Å²) in [7, 11) is 0. The average Bonchev–Trinajstić information content (AvgIpc) is 2.98. The smallest absolute Gasteiger partial charge is 0.356 e. The summed E-state index contributed by atoms with van der Waals surface area (Å²) in [4.78, 5) is 41.3. The Kier molecular flexibility index (Phi) is 8.49. The van der Waals surface area contributed by atoms with Gasteiger partial charge >= 0.3 is 5.97 Å². The number of hydrogen-bond acceptors (Lipinski definition) is 5. The molecule has 1 saturated heterocycles. The van der Waals surface area contributed by atoms with Crippen LogP contribution in [0, 0.1) is 0 Å². The Balaban J connectivity index is 1.39. The monoisotopic (exact) mass is 558 g/mol. The fourth-order valence-corrected chi connectivity index (χ4v) is 6.11. The standard InChI is InChI=1S/C31H27ClN2O4S/c32-18-10-17-24-20-39-30-26(33-25(35)19-21-11-4-1-5-12-21)29(36)34(30)27(24)31(37)38-28(22-13-6-2-7-14-22)23-15-8-3-9-16-23/h1-17,26,28,30H,18-20H2,(H,33,35)/b17-10+/t26-,30-/m1/s1. The van der Waals surface area contributed by atoms with Gasteiger partial charge in [-0.1, -0.05) is 103 Å². The largest absolute Gasteiger partial charge is 0.448 e. The first-order valence-corrected chi connectivity index (χ1v) is 14.2. The molecule has 0 spiro atoms. The summed E-state index contributed by atoms with van der Waals surface area (Å²) in [6, 6.07) is 27.6. The lowest BCUT2D eigenvalue weighted by Crippen LogP contribution is -2.70. The van der Waals surface area contributed by atoms with E-state index >= 15 is 0 Å². The van der Waals surface area contributed by atoms with E-state index in [0.29, 0.717) is 11.3 Å². The number of fused-ring (bicyclic) bond motifs is 1. The van der Waals surface area contributed by atoms with Crippen molar-refractivity contribution in [2.45, 2.75) is 23.9 Å². The minimum atomic E-state index is -0.716. The number of esters is 1. The van der Waals surface area contributed by atoms with Crippen molar-refractivity contribution < 1.29 is 19.1 Å². The van der Waals surface area contributed by atoms with E-state index in [0.717, 1.165) is 16.7 Å². The maximum Gasteiger partial charge on any atom is 0.356 e. The number of benzene rings is 3. The maximum atomic E-state index is 13.8. The highest BCUT2D eigenvalue weighted by Gasteiger charge is 2.54. The van der Waals surface area contributed by atoms with Crippen LogP contribution in [0.4, 0.5) is 0 Å². The number of carbonyl (C=O) groups excluding carboxylic acids is 3. The number of nitrogens with one attached hydrogen (secondary N) is 1. The van der Waals surface area contributed by atoms with Gasteiger partial charge in [0.15, 0.2) is 6.10 Å². The van der Waals surface area contributed by atoms with Crippen LogP contribution in [0.3, 0.4) is 0 Å². The zero-order valence-electron chi connectivity index (χ0n) is 21.0. The van der Waals surface area contributed by atoms with E-state index in [1.54, 1.807) is 12.2 Å². The number of rotatable bonds is 9. The van der Waals surface area contributed by atoms with Crippen molar-refractivity contribution in [3.8, 4) is 0 Å². The second-order valence-corrected chi connectivity index (χ2v) is 10.6. The normalized spacial score (nSPS) is 18.6. The first kappa shape index (κ1) is 26.8. The van der Waals surface area contributed by atoms with Gasteiger partial charge in [0, 0.05) is 11.6 Å². The maximum absolute atomic E-state index is 13.8. The fourth-order valence-electron chi connectivity index (χ4n) is 4.70. The van der Waals surface area contributed by atoms with Crippen LogP contribution in [0.5, 0.6) is 0 Å². The number of carbonyl (C=O) groups is 3. The third kappa shape index (κ3) is 5.95. The molecule has 6 nitrogen and oxygen atoms in total. The number of halogens is 1. The zero-order chi connectivity index (χ0) is 27.2. The van der Waals surface area contributed by atoms with Gasteiger partial charge in [0.25, 0.3) is 5.91 Å². The van der Waals surface area contributed by atoms with E-state index in [-0.39, 0.29) is 29.8 Å². The summed E-state index contributed by atoms with van der Waals surface area (Å²) in [6.45, 7) is 0. The molecular formula is C31H27ClN2O4S. The van der Waals surface area contributed by atoms with E-state index in [4.69, 9.17) is 16.3 Å². The first-order valence-electron chi connectivity index (χ1n) is 12.6. The van der Waals surface area contributed by atoms with Crippen LogP contribution in [0.15, 0.2) is 114 Å². The number of ether oxygens (including phenoxy) is 1. The Morgan fingerprint density at radius 1 is 0.974 bits per heavy atom. The molecule has 1 fully saturated rings. The molecule has 2 atom stereocenters. The van der Waals surface area contributed by atoms with Gasteiger partial charge in [-0.15, -0.1) is 23.4 Å². The number of β-lactam (4-membered cyclic amide) rings is 1. The van der Waals surface area contributed by atoms with Crippen molar-refractivity contribution in [1.82, 2.24) is 10.2 Å². The predicted molar refractivity (Wildman–Crippen MR) is 153 cm³/mol. The summed E-state index contributed by atoms with van der Waals surface area (Å²) in [5, 5.41) is 2.46. The quantitative estimate of drug-likeness (QED) is 0.227. The Morgan fingerprint density at radius 3 is 2.15 bits per heavy atom. The van der Waals surface area contributed by atoms with Crippen molar-refractivity contribution in [2.24, 2.45) is 0 Å². The highest BCUT2D eigenvalue weighted by atomic mass is 35.5. The van der Waals surface area contributed by atoms with Gasteiger partial charge in [0.05, 0.1) is 6.42 Å². The molecular weight excluding hydrogens is 532 g/mol. The predicted octanol–water partition coefficient (Wildman–Crippen LogP) is 5.01. The Labute approximate surface area is 236 Å². The molecule has 2 aliphatic rings. The van der Waals surface area contributed by atoms with Gasteiger partial charge in [0.2, 0.25) is 5.91 Å². The molecule has 2 heterocycles. The second kappa shape index (κ2) is 12.4. The van der Waals surface area contributed by atoms with Crippen LogP contribution in [-0.2, 0) is 25.5 Å². The Hall–Kier alpha value is -3.81. The van der Waals surface area contributed by atoms with Crippen LogP contribution in [0.1, 0.15) is 22.8 Å². The molecule has 0 aliphatic carbocycles. The molecule has 5 rings (SSSR count). The van der Waals surface area contributed by atoms with Gasteiger partial charge in [0.1, 0.15) is 17.1 Å². The lowest BCUT2D eigenvalue weighted by Gasteiger charge is -2.49. The lowest BCUT2D eigenvalue weighted by atomic mass is 10.00. The minimum absolute atomic E-state index is 0.173. The summed E-state index contributed by atoms with van der Waals surface area (Å²) in [5.41, 5.74) is 3.34. The molecule has 2 amide bonds. The summed E-state index contributed by atoms with van der Waals surface area (Å²) >= 11 is 7.38. The topological polar surface area (TPSA) is 75.7 Å². The summed E-state index contributed by atoms with van der Waals surface area (Å²) < 4.78 is 6.11. The molecule has 198 valence electrons. The van der Waals surface area contributed by atoms with Gasteiger partial charge < -0.3 is 10.1 Å². The van der Waals surface area contributed by atoms with Crippen molar-refractivity contribution >= 4 is 41.1 Å². The molecule has 3 aromatic rings. The number of hydrogen-bond donors (Lipinski definition) is 1. The Bertz CT molecular complexity index is 1360. The molecule has 39 heavy (non-hydrogen) atoms. The van der Waals surface area contributed by atoms with E-state index < -0.39 is 23.5 Å². The molecule has 0 unspecified atom stereocenters. The van der Waals surface area contributed by atoms with E-state index in [9.17, 15) is 14.4 Å². The van der Waals surface area contributed by atoms with Crippen molar-refractivity contribution in [1.29, 1.82) is 0 Å². The third-order valence-corrected chi connectivity index (χ3v) is 8.03. The van der Waals surface area contributed by atoms with Crippen molar-refractivity contribution in [3.63, 3.8) is 0 Å². The highest BCUT2D eigenvalue weighted by molar-refractivity contribution is 8.00. The molecule has 2 aliphatic heterocycles. The number of nitrogens with zero attached hydrogens (tertiary/aromatic N) is 1. The summed E-state index contributed by atoms with van der Waals surface area (Å²) in [6.07, 6.45) is 3.02. The number of thioether (sulfide) groups is 1. The third-order valence-electron chi connectivity index (χ3n) is 6.55. The lowest BCUT2D eigenvalue weighted by molar-refractivity contribution is -0.154. The second-order valence-electron chi connectivity index (χ2n) is 9.15. The molecule has 0 saturated carbocycles. The van der Waals surface area contributed by atoms with Gasteiger partial charge in [-0.25, -0.2) is 4.79 Å². The first-order chi connectivity index (χ1) is 19.1. The molecule has 0 bridgehead atoms. The van der Waals surface area contributed by atoms with E-state index in [2.05, 4.69) is 5.32 Å². The van der Waals surface area contributed by atoms with Crippen LogP contribution in [0.2, 0.25) is 0 Å². The fraction of sp³-hybridized carbons (Fsp3) is 0.194. The number of allylic oxidation sites excluding steroid dienone is 2. The molecule has 0 aromatic heterocycles. The Morgan fingerprint density at radius 2 is 1.56 bits per heavy atom. The van der Waals surface area contributed by atoms with Gasteiger partial charge in [-0.2, -0.15) is 0 Å². The van der Waals surface area contributed by atoms with Gasteiger partial charge in [-0.05, 0) is 22.3 Å². The van der Waals surface area contributed by atoms with E-state index in [1.807, 2.05) is 91.0 Å². The average molecular weight is 559 g/mol. The number of alkyl halides is 1. The van der Waals surface area contributed by atoms with Crippen LogP contribution in [-0.4, -0.2) is 45.7 Å². The highest BCUT2D eigenvalue weighted by Crippen LogP contribution is 2.42. The molecule has 8 heteroatoms. The summed E-state index contributed by atoms with van der Waals surface area (Å²) in [5.74, 6) is -0.446. The van der Waals surface area contributed by atoms with Crippen LogP contribution < -0.4 is 5.32 Å². The zero-order valence-corrected chi connectivity index (χ0v) is 22.6. The van der Waals surface area contributed by atoms with Gasteiger partial charge in [-0.3, -0.25) is 14.5 Å². The molecule has 1 N–H and O–H groups in total. The number of amides is 2. The molecule has 0 radical (unpaired) electrons. The van der Waals surface area contributed by atoms with Crippen LogP contribution in [0.25, 0.3) is 0 Å². The minimum Gasteiger partial charge on any atom is -0.448 e.